The maximum Gasteiger partial charge on any atom is 0.193 e. The Bertz CT molecular complexity index is 316. The fraction of sp³-hybridized carbons (Fsp3) is 0.364. The van der Waals surface area contributed by atoms with Crippen LogP contribution in [0.1, 0.15) is 6.92 Å². The Hall–Kier alpha value is -0.820. The van der Waals surface area contributed by atoms with Crippen LogP contribution in [0.3, 0.4) is 0 Å². The number of guanidine groups is 1. The summed E-state index contributed by atoms with van der Waals surface area (Å²) in [6, 6.07) is 9.61. The van der Waals surface area contributed by atoms with E-state index in [9.17, 15) is 0 Å². The van der Waals surface area contributed by atoms with Crippen LogP contribution < -0.4 is 11.1 Å². The summed E-state index contributed by atoms with van der Waals surface area (Å²) in [5.41, 5.74) is 6.58. The molecule has 0 bridgehead atoms. The van der Waals surface area contributed by atoms with Gasteiger partial charge >= 0.3 is 0 Å². The second kappa shape index (κ2) is 8.35. The number of aliphatic hydroxyl groups is 1. The van der Waals surface area contributed by atoms with Crippen LogP contribution >= 0.6 is 24.0 Å². The molecule has 4 nitrogen and oxygen atoms in total. The number of hydrogen-bond acceptors (Lipinski definition) is 2. The Labute approximate surface area is 113 Å². The molecular formula is C11H18IN3O. The number of halogens is 1. The minimum atomic E-state index is 0. The first-order valence-corrected chi connectivity index (χ1v) is 4.95. The standard InChI is InChI=1S/C11H17N3O.HI/c1-9(8-15)7-13-11(12)14-10-5-3-2-4-6-10;/h2-6,9,15H,7-8H2,1H3,(H3,12,13,14);1H. The van der Waals surface area contributed by atoms with Gasteiger partial charge in [-0.3, -0.25) is 4.99 Å². The molecule has 0 heterocycles. The van der Waals surface area contributed by atoms with Crippen LogP contribution in [0.2, 0.25) is 0 Å². The van der Waals surface area contributed by atoms with E-state index < -0.39 is 0 Å². The van der Waals surface area contributed by atoms with Crippen LogP contribution in [0.4, 0.5) is 5.69 Å². The molecule has 0 aliphatic rings. The number of anilines is 1. The lowest BCUT2D eigenvalue weighted by molar-refractivity contribution is 0.242. The van der Waals surface area contributed by atoms with E-state index >= 15 is 0 Å². The lowest BCUT2D eigenvalue weighted by Crippen LogP contribution is -2.23. The number of benzene rings is 1. The van der Waals surface area contributed by atoms with Crippen molar-refractivity contribution in [3.8, 4) is 0 Å². The molecule has 0 aliphatic carbocycles. The van der Waals surface area contributed by atoms with E-state index in [0.29, 0.717) is 12.5 Å². The Balaban J connectivity index is 0.00000225. The van der Waals surface area contributed by atoms with Gasteiger partial charge in [-0.15, -0.1) is 24.0 Å². The highest BCUT2D eigenvalue weighted by atomic mass is 127. The quantitative estimate of drug-likeness (QED) is 0.445. The van der Waals surface area contributed by atoms with Gasteiger partial charge in [0, 0.05) is 18.8 Å². The maximum atomic E-state index is 8.81. The van der Waals surface area contributed by atoms with Gasteiger partial charge in [-0.25, -0.2) is 0 Å². The van der Waals surface area contributed by atoms with Crippen molar-refractivity contribution in [2.24, 2.45) is 16.6 Å². The Kier molecular flexibility index (Phi) is 7.92. The van der Waals surface area contributed by atoms with Gasteiger partial charge in [-0.1, -0.05) is 25.1 Å². The highest BCUT2D eigenvalue weighted by Crippen LogP contribution is 2.04. The molecule has 0 saturated carbocycles. The van der Waals surface area contributed by atoms with Crippen molar-refractivity contribution in [2.75, 3.05) is 18.5 Å². The van der Waals surface area contributed by atoms with Gasteiger partial charge in [0.1, 0.15) is 0 Å². The zero-order chi connectivity index (χ0) is 11.1. The summed E-state index contributed by atoms with van der Waals surface area (Å²) in [7, 11) is 0. The van der Waals surface area contributed by atoms with Gasteiger partial charge in [0.05, 0.1) is 0 Å². The molecule has 0 spiro atoms. The van der Waals surface area contributed by atoms with Crippen LogP contribution in [0.15, 0.2) is 35.3 Å². The Morgan fingerprint density at radius 1 is 1.44 bits per heavy atom. The number of aliphatic imine (C=N–C) groups is 1. The fourth-order valence-electron chi connectivity index (χ4n) is 1.02. The normalized spacial score (nSPS) is 12.8. The first-order chi connectivity index (χ1) is 7.22. The van der Waals surface area contributed by atoms with E-state index in [1.54, 1.807) is 0 Å². The van der Waals surface area contributed by atoms with Crippen molar-refractivity contribution in [2.45, 2.75) is 6.92 Å². The first kappa shape index (κ1) is 15.2. The third-order valence-corrected chi connectivity index (χ3v) is 1.93. The van der Waals surface area contributed by atoms with Gasteiger partial charge in [0.2, 0.25) is 0 Å². The molecule has 0 amide bonds. The summed E-state index contributed by atoms with van der Waals surface area (Å²) in [5.74, 6) is 0.516. The molecule has 1 atom stereocenters. The maximum absolute atomic E-state index is 8.81. The van der Waals surface area contributed by atoms with Gasteiger partial charge in [-0.2, -0.15) is 0 Å². The van der Waals surface area contributed by atoms with E-state index in [2.05, 4.69) is 10.3 Å². The number of nitrogens with two attached hydrogens (primary N) is 1. The topological polar surface area (TPSA) is 70.6 Å². The predicted octanol–water partition coefficient (Wildman–Crippen LogP) is 1.66. The molecule has 90 valence electrons. The van der Waals surface area contributed by atoms with Crippen LogP contribution in [0.5, 0.6) is 0 Å². The van der Waals surface area contributed by atoms with E-state index in [1.807, 2.05) is 37.3 Å². The summed E-state index contributed by atoms with van der Waals surface area (Å²) in [6.07, 6.45) is 0. The lowest BCUT2D eigenvalue weighted by Gasteiger charge is -2.07. The molecule has 0 saturated heterocycles. The minimum absolute atomic E-state index is 0. The van der Waals surface area contributed by atoms with E-state index in [0.717, 1.165) is 5.69 Å². The Morgan fingerprint density at radius 2 is 2.06 bits per heavy atom. The molecule has 5 heteroatoms. The third-order valence-electron chi connectivity index (χ3n) is 1.93. The summed E-state index contributed by atoms with van der Waals surface area (Å²) in [6.45, 7) is 2.57. The van der Waals surface area contributed by atoms with E-state index in [1.165, 1.54) is 0 Å². The average Bonchev–Trinajstić information content (AvgIpc) is 2.27. The van der Waals surface area contributed by atoms with E-state index in [-0.39, 0.29) is 36.5 Å². The van der Waals surface area contributed by atoms with Crippen LogP contribution in [-0.4, -0.2) is 24.2 Å². The average molecular weight is 335 g/mol. The van der Waals surface area contributed by atoms with Crippen molar-refractivity contribution in [1.29, 1.82) is 0 Å². The Morgan fingerprint density at radius 3 is 2.62 bits per heavy atom. The van der Waals surface area contributed by atoms with Crippen molar-refractivity contribution < 1.29 is 5.11 Å². The van der Waals surface area contributed by atoms with Crippen molar-refractivity contribution in [1.82, 2.24) is 0 Å². The molecule has 4 N–H and O–H groups in total. The molecule has 0 fully saturated rings. The minimum Gasteiger partial charge on any atom is -0.396 e. The summed E-state index contributed by atoms with van der Waals surface area (Å²) < 4.78 is 0. The van der Waals surface area contributed by atoms with Gasteiger partial charge in [0.15, 0.2) is 5.96 Å². The zero-order valence-corrected chi connectivity index (χ0v) is 11.6. The van der Waals surface area contributed by atoms with E-state index in [4.69, 9.17) is 10.8 Å². The molecule has 1 unspecified atom stereocenters. The van der Waals surface area contributed by atoms with Crippen LogP contribution in [-0.2, 0) is 0 Å². The molecular weight excluding hydrogens is 317 g/mol. The number of nitrogens with zero attached hydrogens (tertiary/aromatic N) is 1. The van der Waals surface area contributed by atoms with Crippen LogP contribution in [0, 0.1) is 5.92 Å². The number of rotatable bonds is 4. The number of aliphatic hydroxyl groups excluding tert-OH is 1. The smallest absolute Gasteiger partial charge is 0.193 e. The number of nitrogens with one attached hydrogen (secondary N) is 1. The molecule has 0 aliphatic heterocycles. The number of para-hydroxylation sites is 1. The second-order valence-corrected chi connectivity index (χ2v) is 3.50. The van der Waals surface area contributed by atoms with Gasteiger partial charge in [-0.05, 0) is 18.1 Å². The second-order valence-electron chi connectivity index (χ2n) is 3.50. The summed E-state index contributed by atoms with van der Waals surface area (Å²) >= 11 is 0. The highest BCUT2D eigenvalue weighted by Gasteiger charge is 1.98. The molecule has 1 rings (SSSR count). The van der Waals surface area contributed by atoms with Crippen LogP contribution in [0.25, 0.3) is 0 Å². The fourth-order valence-corrected chi connectivity index (χ4v) is 1.02. The molecule has 1 aromatic rings. The monoisotopic (exact) mass is 335 g/mol. The van der Waals surface area contributed by atoms with Gasteiger partial charge in [0.25, 0.3) is 0 Å². The van der Waals surface area contributed by atoms with Crippen molar-refractivity contribution in [3.05, 3.63) is 30.3 Å². The number of hydrogen-bond donors (Lipinski definition) is 3. The van der Waals surface area contributed by atoms with Crippen molar-refractivity contribution in [3.63, 3.8) is 0 Å². The molecule has 16 heavy (non-hydrogen) atoms. The molecule has 0 aromatic heterocycles. The predicted molar refractivity (Wildman–Crippen MR) is 78.2 cm³/mol. The highest BCUT2D eigenvalue weighted by molar-refractivity contribution is 14.0. The summed E-state index contributed by atoms with van der Waals surface area (Å²) in [5, 5.41) is 11.8. The zero-order valence-electron chi connectivity index (χ0n) is 9.26. The van der Waals surface area contributed by atoms with Crippen molar-refractivity contribution >= 4 is 35.6 Å². The molecule has 0 radical (unpaired) electrons. The van der Waals surface area contributed by atoms with Gasteiger partial charge < -0.3 is 16.2 Å². The third kappa shape index (κ3) is 5.92. The SMILES string of the molecule is CC(CO)CN=C(N)Nc1ccccc1.I. The molecule has 1 aromatic carbocycles. The largest absolute Gasteiger partial charge is 0.396 e. The lowest BCUT2D eigenvalue weighted by atomic mass is 10.2. The summed E-state index contributed by atoms with van der Waals surface area (Å²) in [4.78, 5) is 4.11. The first-order valence-electron chi connectivity index (χ1n) is 4.95.